The highest BCUT2D eigenvalue weighted by Gasteiger charge is 2.21. The van der Waals surface area contributed by atoms with Crippen molar-refractivity contribution in [1.29, 1.82) is 0 Å². The first-order valence-corrected chi connectivity index (χ1v) is 7.34. The smallest absolute Gasteiger partial charge is 0.0893 e. The number of aryl methyl sites for hydroxylation is 2. The molecule has 0 amide bonds. The molecule has 0 aliphatic heterocycles. The van der Waals surface area contributed by atoms with Crippen molar-refractivity contribution in [3.63, 3.8) is 0 Å². The fourth-order valence-electron chi connectivity index (χ4n) is 2.22. The van der Waals surface area contributed by atoms with Gasteiger partial charge >= 0.3 is 0 Å². The fraction of sp³-hybridized carbons (Fsp3) is 0.357. The summed E-state index contributed by atoms with van der Waals surface area (Å²) in [6, 6.07) is 7.17. The Morgan fingerprint density at radius 2 is 2.05 bits per heavy atom. The third-order valence-electron chi connectivity index (χ3n) is 3.25. The highest BCUT2D eigenvalue weighted by molar-refractivity contribution is 6.33. The summed E-state index contributed by atoms with van der Waals surface area (Å²) in [5.41, 5.74) is 5.67. The van der Waals surface area contributed by atoms with Crippen LogP contribution >= 0.6 is 23.2 Å². The van der Waals surface area contributed by atoms with Gasteiger partial charge in [-0.25, -0.2) is 5.43 Å². The van der Waals surface area contributed by atoms with Crippen molar-refractivity contribution in [2.24, 2.45) is 5.84 Å². The molecule has 1 heterocycles. The summed E-state index contributed by atoms with van der Waals surface area (Å²) in [4.78, 5) is 0. The van der Waals surface area contributed by atoms with Gasteiger partial charge in [-0.15, -0.1) is 0 Å². The van der Waals surface area contributed by atoms with Crippen molar-refractivity contribution in [1.82, 2.24) is 15.2 Å². The first-order valence-electron chi connectivity index (χ1n) is 6.58. The van der Waals surface area contributed by atoms with Crippen molar-refractivity contribution in [3.8, 4) is 0 Å². The van der Waals surface area contributed by atoms with Gasteiger partial charge in [0.1, 0.15) is 0 Å². The molecule has 0 spiro atoms. The largest absolute Gasteiger partial charge is 0.271 e. The minimum absolute atomic E-state index is 0.242. The maximum atomic E-state index is 6.27. The van der Waals surface area contributed by atoms with E-state index in [2.05, 4.69) is 17.4 Å². The van der Waals surface area contributed by atoms with E-state index >= 15 is 0 Å². The summed E-state index contributed by atoms with van der Waals surface area (Å²) in [6.45, 7) is 4.89. The molecule has 0 saturated heterocycles. The molecule has 108 valence electrons. The average molecular weight is 313 g/mol. The first kappa shape index (κ1) is 15.3. The molecule has 4 nitrogen and oxygen atoms in total. The molecule has 1 aromatic carbocycles. The van der Waals surface area contributed by atoms with E-state index in [1.54, 1.807) is 12.1 Å². The molecule has 1 aromatic heterocycles. The fourth-order valence-corrected chi connectivity index (χ4v) is 2.62. The molecular formula is C14H18Cl2N4. The molecule has 0 saturated carbocycles. The van der Waals surface area contributed by atoms with Gasteiger partial charge in [-0.3, -0.25) is 10.5 Å². The Labute approximate surface area is 128 Å². The summed E-state index contributed by atoms with van der Waals surface area (Å²) in [7, 11) is 0. The van der Waals surface area contributed by atoms with Gasteiger partial charge in [0.15, 0.2) is 0 Å². The maximum absolute atomic E-state index is 6.27. The quantitative estimate of drug-likeness (QED) is 0.657. The zero-order valence-corrected chi connectivity index (χ0v) is 13.0. The van der Waals surface area contributed by atoms with Crippen molar-refractivity contribution < 1.29 is 0 Å². The van der Waals surface area contributed by atoms with Crippen molar-refractivity contribution in [2.75, 3.05) is 0 Å². The zero-order chi connectivity index (χ0) is 14.7. The van der Waals surface area contributed by atoms with Crippen LogP contribution in [0, 0.1) is 0 Å². The average Bonchev–Trinajstić information content (AvgIpc) is 2.87. The molecule has 0 bridgehead atoms. The molecule has 0 aliphatic carbocycles. The summed E-state index contributed by atoms with van der Waals surface area (Å²) < 4.78 is 1.93. The van der Waals surface area contributed by atoms with E-state index in [1.807, 2.05) is 23.7 Å². The van der Waals surface area contributed by atoms with Crippen LogP contribution in [0.5, 0.6) is 0 Å². The van der Waals surface area contributed by atoms with Crippen LogP contribution < -0.4 is 11.3 Å². The van der Waals surface area contributed by atoms with E-state index in [9.17, 15) is 0 Å². The van der Waals surface area contributed by atoms with Crippen LogP contribution in [-0.2, 0) is 13.0 Å². The molecule has 1 unspecified atom stereocenters. The lowest BCUT2D eigenvalue weighted by Gasteiger charge is -2.19. The van der Waals surface area contributed by atoms with Gasteiger partial charge < -0.3 is 0 Å². The molecule has 2 aromatic rings. The third kappa shape index (κ3) is 2.99. The van der Waals surface area contributed by atoms with E-state index in [0.29, 0.717) is 10.0 Å². The Balaban J connectivity index is 2.51. The second-order valence-electron chi connectivity index (χ2n) is 4.50. The predicted molar refractivity (Wildman–Crippen MR) is 82.9 cm³/mol. The van der Waals surface area contributed by atoms with Gasteiger partial charge in [0.2, 0.25) is 0 Å². The third-order valence-corrected chi connectivity index (χ3v) is 3.83. The van der Waals surface area contributed by atoms with Crippen LogP contribution in [0.4, 0.5) is 0 Å². The van der Waals surface area contributed by atoms with Gasteiger partial charge in [-0.2, -0.15) is 5.10 Å². The minimum Gasteiger partial charge on any atom is -0.271 e. The maximum Gasteiger partial charge on any atom is 0.0893 e. The summed E-state index contributed by atoms with van der Waals surface area (Å²) >= 11 is 12.3. The Morgan fingerprint density at radius 3 is 2.65 bits per heavy atom. The van der Waals surface area contributed by atoms with Crippen LogP contribution in [0.15, 0.2) is 24.3 Å². The molecule has 1 atom stereocenters. The molecule has 0 aliphatic rings. The van der Waals surface area contributed by atoms with Crippen LogP contribution in [0.3, 0.4) is 0 Å². The molecule has 0 fully saturated rings. The van der Waals surface area contributed by atoms with Crippen LogP contribution in [0.1, 0.15) is 36.8 Å². The van der Waals surface area contributed by atoms with Gasteiger partial charge in [-0.05, 0) is 43.2 Å². The van der Waals surface area contributed by atoms with Crippen molar-refractivity contribution in [2.45, 2.75) is 32.9 Å². The Hall–Kier alpha value is -1.07. The lowest BCUT2D eigenvalue weighted by molar-refractivity contribution is 0.541. The summed E-state index contributed by atoms with van der Waals surface area (Å²) in [6.07, 6.45) is 0.876. The van der Waals surface area contributed by atoms with Crippen molar-refractivity contribution >= 4 is 23.2 Å². The lowest BCUT2D eigenvalue weighted by Crippen LogP contribution is -2.31. The summed E-state index contributed by atoms with van der Waals surface area (Å²) in [5, 5.41) is 5.79. The standard InChI is InChI=1S/C14H18Cl2N4/c1-3-10-8-13(20(4-2)19-10)14(18-17)11-7-9(15)5-6-12(11)16/h5-8,14,18H,3-4,17H2,1-2H3. The van der Waals surface area contributed by atoms with Crippen LogP contribution in [0.2, 0.25) is 10.0 Å². The van der Waals surface area contributed by atoms with E-state index in [1.165, 1.54) is 0 Å². The molecule has 0 radical (unpaired) electrons. The Bertz CT molecular complexity index is 595. The lowest BCUT2D eigenvalue weighted by atomic mass is 10.0. The number of aromatic nitrogens is 2. The van der Waals surface area contributed by atoms with Crippen LogP contribution in [0.25, 0.3) is 0 Å². The number of nitrogens with one attached hydrogen (secondary N) is 1. The highest BCUT2D eigenvalue weighted by atomic mass is 35.5. The molecular weight excluding hydrogens is 295 g/mol. The van der Waals surface area contributed by atoms with Gasteiger partial charge in [0, 0.05) is 16.6 Å². The summed E-state index contributed by atoms with van der Waals surface area (Å²) in [5.74, 6) is 5.74. The second kappa shape index (κ2) is 6.59. The molecule has 20 heavy (non-hydrogen) atoms. The molecule has 6 heteroatoms. The second-order valence-corrected chi connectivity index (χ2v) is 5.34. The van der Waals surface area contributed by atoms with Gasteiger partial charge in [-0.1, -0.05) is 30.1 Å². The van der Waals surface area contributed by atoms with Crippen molar-refractivity contribution in [3.05, 3.63) is 51.3 Å². The number of nitrogens with two attached hydrogens (primary N) is 1. The monoisotopic (exact) mass is 312 g/mol. The van der Waals surface area contributed by atoms with E-state index in [0.717, 1.165) is 29.9 Å². The Kier molecular flexibility index (Phi) is 5.05. The van der Waals surface area contributed by atoms with Gasteiger partial charge in [0.05, 0.1) is 17.4 Å². The first-order chi connectivity index (χ1) is 9.60. The number of halogens is 2. The molecule has 2 rings (SSSR count). The topological polar surface area (TPSA) is 55.9 Å². The van der Waals surface area contributed by atoms with E-state index in [4.69, 9.17) is 29.0 Å². The minimum atomic E-state index is -0.242. The van der Waals surface area contributed by atoms with E-state index < -0.39 is 0 Å². The number of nitrogens with zero attached hydrogens (tertiary/aromatic N) is 2. The molecule has 3 N–H and O–H groups in total. The van der Waals surface area contributed by atoms with Crippen LogP contribution in [-0.4, -0.2) is 9.78 Å². The number of rotatable bonds is 5. The number of benzene rings is 1. The normalized spacial score (nSPS) is 12.7. The highest BCUT2D eigenvalue weighted by Crippen LogP contribution is 2.30. The van der Waals surface area contributed by atoms with E-state index in [-0.39, 0.29) is 6.04 Å². The number of hydrogen-bond acceptors (Lipinski definition) is 3. The van der Waals surface area contributed by atoms with Gasteiger partial charge in [0.25, 0.3) is 0 Å². The zero-order valence-electron chi connectivity index (χ0n) is 11.5. The SMILES string of the molecule is CCc1cc(C(NN)c2cc(Cl)ccc2Cl)n(CC)n1. The number of hydrogen-bond donors (Lipinski definition) is 2. The number of hydrazine groups is 1. The Morgan fingerprint density at radius 1 is 1.30 bits per heavy atom. The predicted octanol–water partition coefficient (Wildman–Crippen LogP) is 3.32.